The van der Waals surface area contributed by atoms with Crippen molar-refractivity contribution in [2.45, 2.75) is 110 Å². The van der Waals surface area contributed by atoms with E-state index in [9.17, 15) is 4.79 Å². The number of nitrogens with one attached hydrogen (secondary N) is 1. The predicted molar refractivity (Wildman–Crippen MR) is 120 cm³/mol. The number of rotatable bonds is 18. The minimum Gasteiger partial charge on any atom is -0.273 e. The number of pyridine rings is 1. The topological polar surface area (TPSA) is 54.4 Å². The Morgan fingerprint density at radius 2 is 1.29 bits per heavy atom. The summed E-state index contributed by atoms with van der Waals surface area (Å²) in [4.78, 5) is 15.7. The van der Waals surface area contributed by atoms with Gasteiger partial charge in [0.05, 0.1) is 6.21 Å². The first-order valence-corrected chi connectivity index (χ1v) is 11.5. The average molecular weight is 388 g/mol. The molecule has 0 radical (unpaired) electrons. The van der Waals surface area contributed by atoms with Crippen molar-refractivity contribution < 1.29 is 4.79 Å². The molecule has 1 rings (SSSR count). The Morgan fingerprint density at radius 1 is 0.821 bits per heavy atom. The van der Waals surface area contributed by atoms with Crippen molar-refractivity contribution in [1.82, 2.24) is 10.4 Å². The van der Waals surface area contributed by atoms with Crippen molar-refractivity contribution >= 4 is 12.1 Å². The highest BCUT2D eigenvalue weighted by atomic mass is 16.2. The van der Waals surface area contributed by atoms with Crippen LogP contribution >= 0.6 is 0 Å². The number of hydrogen-bond donors (Lipinski definition) is 1. The first kappa shape index (κ1) is 24.3. The Hall–Kier alpha value is -1.71. The van der Waals surface area contributed by atoms with Gasteiger partial charge in [-0.3, -0.25) is 9.78 Å². The molecule has 0 aliphatic rings. The van der Waals surface area contributed by atoms with Gasteiger partial charge in [0.25, 0.3) is 0 Å². The molecule has 0 atom stereocenters. The molecule has 0 spiro atoms. The Morgan fingerprint density at radius 3 is 1.79 bits per heavy atom. The highest BCUT2D eigenvalue weighted by Crippen LogP contribution is 2.13. The van der Waals surface area contributed by atoms with Crippen molar-refractivity contribution in [3.05, 3.63) is 30.1 Å². The van der Waals surface area contributed by atoms with Crippen LogP contribution in [0.15, 0.2) is 29.6 Å². The third-order valence-corrected chi connectivity index (χ3v) is 5.12. The number of hydrogen-bond acceptors (Lipinski definition) is 3. The lowest BCUT2D eigenvalue weighted by atomic mass is 10.0. The van der Waals surface area contributed by atoms with Crippen molar-refractivity contribution in [1.29, 1.82) is 0 Å². The maximum atomic E-state index is 11.7. The van der Waals surface area contributed by atoms with Crippen LogP contribution in [0.3, 0.4) is 0 Å². The smallest absolute Gasteiger partial charge is 0.240 e. The summed E-state index contributed by atoms with van der Waals surface area (Å²) < 4.78 is 0. The third-order valence-electron chi connectivity index (χ3n) is 5.12. The van der Waals surface area contributed by atoms with E-state index in [1.165, 1.54) is 83.5 Å². The number of carbonyl (C=O) groups is 1. The molecule has 0 aromatic carbocycles. The van der Waals surface area contributed by atoms with Crippen LogP contribution in [0.5, 0.6) is 0 Å². The minimum absolute atomic E-state index is 0.000000208. The summed E-state index contributed by atoms with van der Waals surface area (Å²) in [5.74, 6) is 0.000000208. The normalized spacial score (nSPS) is 11.2. The van der Waals surface area contributed by atoms with Gasteiger partial charge in [0.1, 0.15) is 0 Å². The number of unbranched alkanes of at least 4 members (excludes halogenated alkanes) is 14. The van der Waals surface area contributed by atoms with Gasteiger partial charge in [-0.1, -0.05) is 96.8 Å². The molecule has 0 fully saturated rings. The molecule has 1 aromatic heterocycles. The van der Waals surface area contributed by atoms with Gasteiger partial charge >= 0.3 is 0 Å². The first-order valence-electron chi connectivity index (χ1n) is 11.5. The summed E-state index contributed by atoms with van der Waals surface area (Å²) in [6, 6.07) is 3.70. The summed E-state index contributed by atoms with van der Waals surface area (Å²) in [7, 11) is 0. The summed E-state index contributed by atoms with van der Waals surface area (Å²) in [5.41, 5.74) is 3.52. The average Bonchev–Trinajstić information content (AvgIpc) is 2.71. The van der Waals surface area contributed by atoms with Crippen LogP contribution in [-0.4, -0.2) is 17.1 Å². The molecule has 4 heteroatoms. The molecule has 1 N–H and O–H groups in total. The van der Waals surface area contributed by atoms with E-state index in [0.29, 0.717) is 6.42 Å². The number of nitrogens with zero attached hydrogens (tertiary/aromatic N) is 2. The number of amides is 1. The zero-order valence-electron chi connectivity index (χ0n) is 18.0. The van der Waals surface area contributed by atoms with Crippen LogP contribution in [-0.2, 0) is 4.79 Å². The fourth-order valence-corrected chi connectivity index (χ4v) is 3.34. The standard InChI is InChI=1S/C24H41N3O/c1-2-3-4-5-6-7-8-9-10-11-12-13-14-15-16-17-24(28)27-26-22-23-18-20-25-21-19-23/h18-22H,2-17H2,1H3,(H,27,28)/b26-22-. The second-order valence-electron chi connectivity index (χ2n) is 7.77. The quantitative estimate of drug-likeness (QED) is 0.171. The van der Waals surface area contributed by atoms with Gasteiger partial charge in [-0.2, -0.15) is 5.10 Å². The molecular formula is C24H41N3O. The Balaban J connectivity index is 1.80. The lowest BCUT2D eigenvalue weighted by molar-refractivity contribution is -0.121. The van der Waals surface area contributed by atoms with Crippen LogP contribution in [0.2, 0.25) is 0 Å². The van der Waals surface area contributed by atoms with Crippen LogP contribution in [0, 0.1) is 0 Å². The molecular weight excluding hydrogens is 346 g/mol. The van der Waals surface area contributed by atoms with E-state index >= 15 is 0 Å². The van der Waals surface area contributed by atoms with E-state index in [-0.39, 0.29) is 5.91 Å². The number of carbonyl (C=O) groups excluding carboxylic acids is 1. The zero-order valence-corrected chi connectivity index (χ0v) is 18.0. The van der Waals surface area contributed by atoms with E-state index in [1.807, 2.05) is 12.1 Å². The summed E-state index contributed by atoms with van der Waals surface area (Å²) >= 11 is 0. The molecule has 0 unspecified atom stereocenters. The van der Waals surface area contributed by atoms with Gasteiger partial charge in [-0.15, -0.1) is 0 Å². The Labute approximate surface area is 172 Å². The molecule has 158 valence electrons. The SMILES string of the molecule is CCCCCCCCCCCCCCCCCC(=O)N/N=C\c1ccncc1. The highest BCUT2D eigenvalue weighted by molar-refractivity contribution is 5.82. The van der Waals surface area contributed by atoms with Crippen LogP contribution in [0.4, 0.5) is 0 Å². The van der Waals surface area contributed by atoms with Crippen LogP contribution in [0.25, 0.3) is 0 Å². The number of aromatic nitrogens is 1. The van der Waals surface area contributed by atoms with Crippen molar-refractivity contribution in [2.75, 3.05) is 0 Å². The van der Waals surface area contributed by atoms with Crippen LogP contribution < -0.4 is 5.43 Å². The van der Waals surface area contributed by atoms with Crippen molar-refractivity contribution in [3.8, 4) is 0 Å². The molecule has 1 heterocycles. The second kappa shape index (κ2) is 18.6. The zero-order chi connectivity index (χ0) is 20.1. The third kappa shape index (κ3) is 15.4. The van der Waals surface area contributed by atoms with E-state index in [0.717, 1.165) is 18.4 Å². The summed E-state index contributed by atoms with van der Waals surface area (Å²) in [6.07, 6.45) is 25.7. The van der Waals surface area contributed by atoms with E-state index in [4.69, 9.17) is 0 Å². The van der Waals surface area contributed by atoms with Crippen LogP contribution in [0.1, 0.15) is 115 Å². The van der Waals surface area contributed by atoms with Gasteiger partial charge in [-0.05, 0) is 24.1 Å². The fraction of sp³-hybridized carbons (Fsp3) is 0.708. The molecule has 4 nitrogen and oxygen atoms in total. The van der Waals surface area contributed by atoms with Gasteiger partial charge < -0.3 is 0 Å². The highest BCUT2D eigenvalue weighted by Gasteiger charge is 1.99. The molecule has 0 aliphatic heterocycles. The van der Waals surface area contributed by atoms with E-state index in [2.05, 4.69) is 22.4 Å². The predicted octanol–water partition coefficient (Wildman–Crippen LogP) is 6.79. The molecule has 0 bridgehead atoms. The second-order valence-corrected chi connectivity index (χ2v) is 7.77. The maximum Gasteiger partial charge on any atom is 0.240 e. The fourth-order valence-electron chi connectivity index (χ4n) is 3.34. The molecule has 0 aliphatic carbocycles. The summed E-state index contributed by atoms with van der Waals surface area (Å²) in [6.45, 7) is 2.28. The Bertz CT molecular complexity index is 502. The first-order chi connectivity index (χ1) is 13.8. The van der Waals surface area contributed by atoms with Gasteiger partial charge in [0, 0.05) is 18.8 Å². The van der Waals surface area contributed by atoms with Gasteiger partial charge in [0.2, 0.25) is 5.91 Å². The van der Waals surface area contributed by atoms with E-state index < -0.39 is 0 Å². The monoisotopic (exact) mass is 387 g/mol. The molecule has 1 amide bonds. The molecule has 28 heavy (non-hydrogen) atoms. The van der Waals surface area contributed by atoms with Gasteiger partial charge in [0.15, 0.2) is 0 Å². The maximum absolute atomic E-state index is 11.7. The van der Waals surface area contributed by atoms with Crippen molar-refractivity contribution in [3.63, 3.8) is 0 Å². The number of hydrazone groups is 1. The Kier molecular flexibility index (Phi) is 16.2. The van der Waals surface area contributed by atoms with Gasteiger partial charge in [-0.25, -0.2) is 5.43 Å². The van der Waals surface area contributed by atoms with Crippen molar-refractivity contribution in [2.24, 2.45) is 5.10 Å². The van der Waals surface area contributed by atoms with E-state index in [1.54, 1.807) is 18.6 Å². The molecule has 1 aromatic rings. The molecule has 0 saturated heterocycles. The lowest BCUT2D eigenvalue weighted by Crippen LogP contribution is -2.16. The lowest BCUT2D eigenvalue weighted by Gasteiger charge is -2.03. The minimum atomic E-state index is 0.000000208. The molecule has 0 saturated carbocycles. The largest absolute Gasteiger partial charge is 0.273 e. The summed E-state index contributed by atoms with van der Waals surface area (Å²) in [5, 5.41) is 3.98.